The number of carbonyl (C=O) groups is 1. The first-order valence-corrected chi connectivity index (χ1v) is 5.97. The molecule has 0 bridgehead atoms. The van der Waals surface area contributed by atoms with Crippen LogP contribution in [0.2, 0.25) is 5.02 Å². The molecule has 0 aliphatic heterocycles. The summed E-state index contributed by atoms with van der Waals surface area (Å²) >= 11 is 5.84. The van der Waals surface area contributed by atoms with Gasteiger partial charge in [0.25, 0.3) is 0 Å². The third kappa shape index (κ3) is 4.36. The Morgan fingerprint density at radius 3 is 2.35 bits per heavy atom. The first kappa shape index (κ1) is 14.0. The first-order chi connectivity index (χ1) is 7.83. The third-order valence-corrected chi connectivity index (χ3v) is 2.82. The van der Waals surface area contributed by atoms with E-state index in [4.69, 9.17) is 17.3 Å². The van der Waals surface area contributed by atoms with Crippen molar-refractivity contribution in [1.82, 2.24) is 5.32 Å². The zero-order valence-corrected chi connectivity index (χ0v) is 11.2. The van der Waals surface area contributed by atoms with Crippen molar-refractivity contribution in [1.29, 1.82) is 0 Å². The fourth-order valence-corrected chi connectivity index (χ4v) is 1.88. The molecule has 0 spiro atoms. The number of halogens is 1. The van der Waals surface area contributed by atoms with Gasteiger partial charge in [0.1, 0.15) is 0 Å². The average molecular weight is 255 g/mol. The number of amides is 1. The van der Waals surface area contributed by atoms with Crippen molar-refractivity contribution < 1.29 is 4.79 Å². The van der Waals surface area contributed by atoms with Gasteiger partial charge in [0, 0.05) is 17.6 Å². The van der Waals surface area contributed by atoms with E-state index in [1.165, 1.54) is 0 Å². The normalized spacial score (nSPS) is 13.2. The highest BCUT2D eigenvalue weighted by atomic mass is 35.5. The monoisotopic (exact) mass is 254 g/mol. The Balaban J connectivity index is 2.98. The minimum absolute atomic E-state index is 0.0224. The van der Waals surface area contributed by atoms with E-state index in [0.717, 1.165) is 5.56 Å². The lowest BCUT2D eigenvalue weighted by atomic mass is 9.86. The van der Waals surface area contributed by atoms with Crippen LogP contribution in [0.5, 0.6) is 0 Å². The third-order valence-electron chi connectivity index (χ3n) is 2.57. The van der Waals surface area contributed by atoms with Crippen molar-refractivity contribution in [2.75, 3.05) is 7.05 Å². The Hall–Kier alpha value is -1.06. The van der Waals surface area contributed by atoms with Gasteiger partial charge in [-0.15, -0.1) is 0 Å². The van der Waals surface area contributed by atoms with Gasteiger partial charge in [-0.25, -0.2) is 0 Å². The van der Waals surface area contributed by atoms with E-state index < -0.39 is 5.54 Å². The van der Waals surface area contributed by atoms with Gasteiger partial charge in [0.05, 0.1) is 5.92 Å². The maximum atomic E-state index is 11.9. The predicted octanol–water partition coefficient (Wildman–Crippen LogP) is 2.30. The van der Waals surface area contributed by atoms with Crippen LogP contribution in [0.4, 0.5) is 0 Å². The molecule has 1 amide bonds. The molecular weight excluding hydrogens is 236 g/mol. The van der Waals surface area contributed by atoms with E-state index >= 15 is 0 Å². The Labute approximate surface area is 107 Å². The topological polar surface area (TPSA) is 55.1 Å². The van der Waals surface area contributed by atoms with Gasteiger partial charge in [-0.1, -0.05) is 23.7 Å². The molecule has 0 heterocycles. The van der Waals surface area contributed by atoms with Crippen LogP contribution < -0.4 is 11.1 Å². The molecule has 1 rings (SSSR count). The van der Waals surface area contributed by atoms with E-state index in [-0.39, 0.29) is 11.8 Å². The van der Waals surface area contributed by atoms with E-state index in [1.807, 2.05) is 26.0 Å². The highest BCUT2D eigenvalue weighted by molar-refractivity contribution is 6.30. The number of rotatable bonds is 4. The molecule has 3 nitrogen and oxygen atoms in total. The number of benzene rings is 1. The molecule has 94 valence electrons. The summed E-state index contributed by atoms with van der Waals surface area (Å²) in [4.78, 5) is 11.9. The molecule has 1 aromatic carbocycles. The van der Waals surface area contributed by atoms with Crippen molar-refractivity contribution >= 4 is 17.5 Å². The molecule has 0 aliphatic carbocycles. The molecule has 0 aliphatic rings. The van der Waals surface area contributed by atoms with Crippen LogP contribution in [-0.4, -0.2) is 18.5 Å². The summed E-state index contributed by atoms with van der Waals surface area (Å²) in [6.07, 6.45) is 0.592. The number of nitrogens with two attached hydrogens (primary N) is 1. The fraction of sp³-hybridized carbons (Fsp3) is 0.462. The van der Waals surface area contributed by atoms with Crippen LogP contribution in [0.25, 0.3) is 0 Å². The molecule has 0 radical (unpaired) electrons. The van der Waals surface area contributed by atoms with Gasteiger partial charge in [-0.3, -0.25) is 4.79 Å². The number of nitrogens with one attached hydrogen (secondary N) is 1. The lowest BCUT2D eigenvalue weighted by Crippen LogP contribution is -2.38. The molecule has 1 unspecified atom stereocenters. The maximum Gasteiger partial charge on any atom is 0.227 e. The van der Waals surface area contributed by atoms with Crippen molar-refractivity contribution in [3.63, 3.8) is 0 Å². The number of likely N-dealkylation sites (N-methyl/N-ethyl adjacent to an activating group) is 1. The molecule has 3 N–H and O–H groups in total. The summed E-state index contributed by atoms with van der Waals surface area (Å²) in [5.41, 5.74) is 6.54. The lowest BCUT2D eigenvalue weighted by molar-refractivity contribution is -0.122. The minimum atomic E-state index is -0.392. The van der Waals surface area contributed by atoms with Crippen LogP contribution in [0.3, 0.4) is 0 Å². The summed E-state index contributed by atoms with van der Waals surface area (Å²) in [5.74, 6) is -0.261. The first-order valence-electron chi connectivity index (χ1n) is 5.59. The summed E-state index contributed by atoms with van der Waals surface area (Å²) in [5, 5.41) is 3.34. The van der Waals surface area contributed by atoms with Gasteiger partial charge in [-0.05, 0) is 38.0 Å². The average Bonchev–Trinajstić information content (AvgIpc) is 2.25. The van der Waals surface area contributed by atoms with E-state index in [9.17, 15) is 4.79 Å². The Kier molecular flexibility index (Phi) is 4.54. The quantitative estimate of drug-likeness (QED) is 0.866. The van der Waals surface area contributed by atoms with Crippen LogP contribution in [0.15, 0.2) is 24.3 Å². The van der Waals surface area contributed by atoms with Crippen molar-refractivity contribution in [3.05, 3.63) is 34.9 Å². The van der Waals surface area contributed by atoms with Gasteiger partial charge < -0.3 is 11.1 Å². The summed E-state index contributed by atoms with van der Waals surface area (Å²) in [6, 6.07) is 7.31. The molecule has 4 heteroatoms. The second-order valence-corrected chi connectivity index (χ2v) is 5.35. The molecular formula is C13H19ClN2O. The Morgan fingerprint density at radius 2 is 1.94 bits per heavy atom. The van der Waals surface area contributed by atoms with E-state index in [2.05, 4.69) is 5.32 Å². The molecule has 0 fully saturated rings. The minimum Gasteiger partial charge on any atom is -0.359 e. The second kappa shape index (κ2) is 5.52. The van der Waals surface area contributed by atoms with Crippen LogP contribution in [0, 0.1) is 0 Å². The maximum absolute atomic E-state index is 11.9. The smallest absolute Gasteiger partial charge is 0.227 e. The second-order valence-electron chi connectivity index (χ2n) is 4.91. The molecule has 17 heavy (non-hydrogen) atoms. The molecule has 0 saturated heterocycles. The Bertz CT molecular complexity index is 381. The van der Waals surface area contributed by atoms with Gasteiger partial charge in [0.2, 0.25) is 5.91 Å². The molecule has 0 saturated carbocycles. The van der Waals surface area contributed by atoms with Crippen molar-refractivity contribution in [3.8, 4) is 0 Å². The SMILES string of the molecule is CNC(=O)C(CC(C)(C)N)c1ccc(Cl)cc1. The van der Waals surface area contributed by atoms with E-state index in [1.54, 1.807) is 19.2 Å². The van der Waals surface area contributed by atoms with Gasteiger partial charge in [0.15, 0.2) is 0 Å². The predicted molar refractivity (Wildman–Crippen MR) is 71.1 cm³/mol. The van der Waals surface area contributed by atoms with Crippen LogP contribution >= 0.6 is 11.6 Å². The van der Waals surface area contributed by atoms with Gasteiger partial charge >= 0.3 is 0 Å². The highest BCUT2D eigenvalue weighted by Gasteiger charge is 2.25. The number of hydrogen-bond donors (Lipinski definition) is 2. The zero-order chi connectivity index (χ0) is 13.1. The van der Waals surface area contributed by atoms with Crippen LogP contribution in [-0.2, 0) is 4.79 Å². The molecule has 1 aromatic rings. The Morgan fingerprint density at radius 1 is 1.41 bits per heavy atom. The standard InChI is InChI=1S/C13H19ClN2O/c1-13(2,15)8-11(12(17)16-3)9-4-6-10(14)7-5-9/h4-7,11H,8,15H2,1-3H3,(H,16,17). The van der Waals surface area contributed by atoms with E-state index in [0.29, 0.717) is 11.4 Å². The van der Waals surface area contributed by atoms with Gasteiger partial charge in [-0.2, -0.15) is 0 Å². The molecule has 0 aromatic heterocycles. The van der Waals surface area contributed by atoms with Crippen molar-refractivity contribution in [2.45, 2.75) is 31.7 Å². The summed E-state index contributed by atoms with van der Waals surface area (Å²) in [7, 11) is 1.63. The lowest BCUT2D eigenvalue weighted by Gasteiger charge is -2.25. The zero-order valence-electron chi connectivity index (χ0n) is 10.5. The number of carbonyl (C=O) groups excluding carboxylic acids is 1. The highest BCUT2D eigenvalue weighted by Crippen LogP contribution is 2.26. The fourth-order valence-electron chi connectivity index (χ4n) is 1.76. The number of hydrogen-bond acceptors (Lipinski definition) is 2. The summed E-state index contributed by atoms with van der Waals surface area (Å²) < 4.78 is 0. The summed E-state index contributed by atoms with van der Waals surface area (Å²) in [6.45, 7) is 3.83. The van der Waals surface area contributed by atoms with Crippen molar-refractivity contribution in [2.24, 2.45) is 5.73 Å². The molecule has 1 atom stereocenters. The van der Waals surface area contributed by atoms with Crippen LogP contribution in [0.1, 0.15) is 31.7 Å². The largest absolute Gasteiger partial charge is 0.359 e.